The molecule has 0 heterocycles. The summed E-state index contributed by atoms with van der Waals surface area (Å²) in [5, 5.41) is 3.31. The van der Waals surface area contributed by atoms with Crippen molar-refractivity contribution in [2.75, 3.05) is 6.54 Å². The summed E-state index contributed by atoms with van der Waals surface area (Å²) in [6.45, 7) is 4.94. The predicted molar refractivity (Wildman–Crippen MR) is 69.3 cm³/mol. The molecule has 1 aromatic rings. The van der Waals surface area contributed by atoms with Gasteiger partial charge in [0.25, 0.3) is 0 Å². The fourth-order valence-electron chi connectivity index (χ4n) is 2.55. The van der Waals surface area contributed by atoms with Crippen LogP contribution in [0.15, 0.2) is 18.2 Å². The van der Waals surface area contributed by atoms with E-state index >= 15 is 0 Å². The highest BCUT2D eigenvalue weighted by atomic mass is 19.1. The smallest absolute Gasteiger partial charge is 0.130 e. The van der Waals surface area contributed by atoms with Crippen LogP contribution in [-0.4, -0.2) is 6.54 Å². The van der Waals surface area contributed by atoms with Gasteiger partial charge >= 0.3 is 0 Å². The molecule has 1 aromatic carbocycles. The minimum atomic E-state index is -0.434. The lowest BCUT2D eigenvalue weighted by Crippen LogP contribution is -2.30. The molecule has 0 spiro atoms. The van der Waals surface area contributed by atoms with Crippen LogP contribution in [0.25, 0.3) is 0 Å². The maximum atomic E-state index is 13.9. The van der Waals surface area contributed by atoms with Gasteiger partial charge in [-0.25, -0.2) is 8.78 Å². The van der Waals surface area contributed by atoms with Crippen molar-refractivity contribution >= 4 is 0 Å². The van der Waals surface area contributed by atoms with Crippen LogP contribution in [0, 0.1) is 23.5 Å². The molecule has 1 nitrogen and oxygen atoms in total. The molecule has 0 amide bonds. The first-order valence-corrected chi connectivity index (χ1v) is 6.82. The molecule has 2 atom stereocenters. The third-order valence-electron chi connectivity index (χ3n) is 3.82. The van der Waals surface area contributed by atoms with Crippen LogP contribution >= 0.6 is 0 Å². The molecule has 0 bridgehead atoms. The van der Waals surface area contributed by atoms with Gasteiger partial charge in [0, 0.05) is 11.6 Å². The van der Waals surface area contributed by atoms with Gasteiger partial charge in [-0.05, 0) is 49.8 Å². The van der Waals surface area contributed by atoms with E-state index in [4.69, 9.17) is 0 Å². The fraction of sp³-hybridized carbons (Fsp3) is 0.600. The van der Waals surface area contributed by atoms with E-state index in [0.717, 1.165) is 13.0 Å². The topological polar surface area (TPSA) is 12.0 Å². The second kappa shape index (κ2) is 5.79. The Hall–Kier alpha value is -0.960. The van der Waals surface area contributed by atoms with Crippen molar-refractivity contribution in [3.05, 3.63) is 35.4 Å². The van der Waals surface area contributed by atoms with Gasteiger partial charge in [0.2, 0.25) is 0 Å². The van der Waals surface area contributed by atoms with Crippen LogP contribution in [0.3, 0.4) is 0 Å². The monoisotopic (exact) mass is 253 g/mol. The Morgan fingerprint density at radius 1 is 1.28 bits per heavy atom. The molecule has 0 radical (unpaired) electrons. The van der Waals surface area contributed by atoms with Crippen LogP contribution in [-0.2, 0) is 0 Å². The van der Waals surface area contributed by atoms with E-state index in [1.807, 2.05) is 0 Å². The van der Waals surface area contributed by atoms with E-state index in [-0.39, 0.29) is 17.5 Å². The summed E-state index contributed by atoms with van der Waals surface area (Å²) >= 11 is 0. The van der Waals surface area contributed by atoms with Crippen molar-refractivity contribution in [1.29, 1.82) is 0 Å². The summed E-state index contributed by atoms with van der Waals surface area (Å²) in [4.78, 5) is 0. The molecule has 0 aromatic heterocycles. The van der Waals surface area contributed by atoms with Crippen LogP contribution in [0.4, 0.5) is 8.78 Å². The predicted octanol–water partition coefficient (Wildman–Crippen LogP) is 4.05. The standard InChI is InChI=1S/C15H21F2N/c1-3-9-18-15(10(2)11-7-8-11)14-12(16)5-4-6-13(14)17/h4-6,10-11,15,18H,3,7-9H2,1-2H3. The number of nitrogens with one attached hydrogen (secondary N) is 1. The highest BCUT2D eigenvalue weighted by Gasteiger charge is 2.35. The molecule has 18 heavy (non-hydrogen) atoms. The Morgan fingerprint density at radius 3 is 2.39 bits per heavy atom. The minimum Gasteiger partial charge on any atom is -0.310 e. The van der Waals surface area contributed by atoms with Gasteiger partial charge in [0.1, 0.15) is 11.6 Å². The normalized spacial score (nSPS) is 18.7. The molecule has 3 heteroatoms. The third kappa shape index (κ3) is 2.89. The van der Waals surface area contributed by atoms with Crippen LogP contribution in [0.5, 0.6) is 0 Å². The number of benzene rings is 1. The minimum absolute atomic E-state index is 0.210. The zero-order valence-electron chi connectivity index (χ0n) is 11.0. The molecule has 1 saturated carbocycles. The lowest BCUT2D eigenvalue weighted by molar-refractivity contribution is 0.330. The molecule has 2 rings (SSSR count). The molecule has 0 saturated heterocycles. The number of hydrogen-bond donors (Lipinski definition) is 1. The van der Waals surface area contributed by atoms with Crippen molar-refractivity contribution < 1.29 is 8.78 Å². The van der Waals surface area contributed by atoms with Crippen molar-refractivity contribution in [1.82, 2.24) is 5.32 Å². The first kappa shape index (κ1) is 13.5. The highest BCUT2D eigenvalue weighted by Crippen LogP contribution is 2.43. The summed E-state index contributed by atoms with van der Waals surface area (Å²) in [5.74, 6) is 0.0218. The maximum absolute atomic E-state index is 13.9. The van der Waals surface area contributed by atoms with Gasteiger partial charge in [0.15, 0.2) is 0 Å². The molecule has 1 aliphatic carbocycles. The van der Waals surface area contributed by atoms with E-state index in [1.54, 1.807) is 0 Å². The fourth-order valence-corrected chi connectivity index (χ4v) is 2.55. The number of halogens is 2. The van der Waals surface area contributed by atoms with E-state index in [1.165, 1.54) is 31.0 Å². The van der Waals surface area contributed by atoms with Crippen LogP contribution < -0.4 is 5.32 Å². The second-order valence-corrected chi connectivity index (χ2v) is 5.26. The van der Waals surface area contributed by atoms with Gasteiger partial charge in [-0.3, -0.25) is 0 Å². The molecule has 1 aliphatic rings. The molecular weight excluding hydrogens is 232 g/mol. The molecule has 100 valence electrons. The Labute approximate surface area is 108 Å². The van der Waals surface area contributed by atoms with Crippen molar-refractivity contribution in [2.45, 2.75) is 39.2 Å². The van der Waals surface area contributed by atoms with E-state index in [0.29, 0.717) is 5.92 Å². The third-order valence-corrected chi connectivity index (χ3v) is 3.82. The Kier molecular flexibility index (Phi) is 4.33. The number of hydrogen-bond acceptors (Lipinski definition) is 1. The van der Waals surface area contributed by atoms with E-state index in [9.17, 15) is 8.78 Å². The summed E-state index contributed by atoms with van der Waals surface area (Å²) in [6.07, 6.45) is 3.33. The zero-order chi connectivity index (χ0) is 13.1. The summed E-state index contributed by atoms with van der Waals surface area (Å²) in [6, 6.07) is 3.91. The Bertz CT molecular complexity index is 381. The van der Waals surface area contributed by atoms with Gasteiger partial charge in [0.05, 0.1) is 0 Å². The Balaban J connectivity index is 2.26. The summed E-state index contributed by atoms with van der Waals surface area (Å²) in [7, 11) is 0. The maximum Gasteiger partial charge on any atom is 0.130 e. The van der Waals surface area contributed by atoms with E-state index < -0.39 is 11.6 Å². The molecule has 1 fully saturated rings. The summed E-state index contributed by atoms with van der Waals surface area (Å²) in [5.41, 5.74) is 0.213. The van der Waals surface area contributed by atoms with Crippen molar-refractivity contribution in [2.24, 2.45) is 11.8 Å². The average molecular weight is 253 g/mol. The molecule has 2 unspecified atom stereocenters. The van der Waals surface area contributed by atoms with Crippen LogP contribution in [0.2, 0.25) is 0 Å². The Morgan fingerprint density at radius 2 is 1.89 bits per heavy atom. The zero-order valence-corrected chi connectivity index (χ0v) is 11.0. The average Bonchev–Trinajstić information content (AvgIpc) is 3.16. The van der Waals surface area contributed by atoms with Gasteiger partial charge in [-0.15, -0.1) is 0 Å². The van der Waals surface area contributed by atoms with Crippen LogP contribution in [0.1, 0.15) is 44.7 Å². The quantitative estimate of drug-likeness (QED) is 0.806. The molecular formula is C15H21F2N. The number of rotatable bonds is 6. The summed E-state index contributed by atoms with van der Waals surface area (Å²) < 4.78 is 27.8. The SMILES string of the molecule is CCCNC(c1c(F)cccc1F)C(C)C1CC1. The van der Waals surface area contributed by atoms with Gasteiger partial charge in [-0.2, -0.15) is 0 Å². The van der Waals surface area contributed by atoms with Gasteiger partial charge < -0.3 is 5.32 Å². The van der Waals surface area contributed by atoms with E-state index in [2.05, 4.69) is 19.2 Å². The first-order valence-electron chi connectivity index (χ1n) is 6.82. The van der Waals surface area contributed by atoms with Crippen molar-refractivity contribution in [3.8, 4) is 0 Å². The largest absolute Gasteiger partial charge is 0.310 e. The lowest BCUT2D eigenvalue weighted by atomic mass is 9.90. The van der Waals surface area contributed by atoms with Crippen molar-refractivity contribution in [3.63, 3.8) is 0 Å². The van der Waals surface area contributed by atoms with Gasteiger partial charge in [-0.1, -0.05) is 19.9 Å². The highest BCUT2D eigenvalue weighted by molar-refractivity contribution is 5.24. The second-order valence-electron chi connectivity index (χ2n) is 5.26. The molecule has 1 N–H and O–H groups in total. The molecule has 0 aliphatic heterocycles. The first-order chi connectivity index (χ1) is 8.65. The lowest BCUT2D eigenvalue weighted by Gasteiger charge is -2.26.